The van der Waals surface area contributed by atoms with Crippen molar-refractivity contribution < 1.29 is 4.42 Å². The van der Waals surface area contributed by atoms with Gasteiger partial charge in [0.25, 0.3) is 0 Å². The molecule has 2 N–H and O–H groups in total. The van der Waals surface area contributed by atoms with E-state index in [1.807, 2.05) is 19.2 Å². The Labute approximate surface area is 88.7 Å². The maximum Gasteiger partial charge on any atom is 0.139 e. The summed E-state index contributed by atoms with van der Waals surface area (Å²) in [5.41, 5.74) is 0.865. The van der Waals surface area contributed by atoms with Gasteiger partial charge in [0.2, 0.25) is 0 Å². The number of furan rings is 1. The second-order valence-corrected chi connectivity index (χ2v) is 3.56. The predicted octanol–water partition coefficient (Wildman–Crippen LogP) is 1.85. The Morgan fingerprint density at radius 3 is 3.13 bits per heavy atom. The van der Waals surface area contributed by atoms with Crippen LogP contribution in [0.1, 0.15) is 6.92 Å². The number of aromatic nitrogens is 1. The Balaban J connectivity index is 2.17. The topological polar surface area (TPSA) is 50.1 Å². The largest absolute Gasteiger partial charge is 0.464 e. The van der Waals surface area contributed by atoms with Crippen molar-refractivity contribution in [3.05, 3.63) is 24.6 Å². The SMILES string of the molecule is CNC(C)CNc1nccc2occc12. The summed E-state index contributed by atoms with van der Waals surface area (Å²) in [5.74, 6) is 0.878. The van der Waals surface area contributed by atoms with Gasteiger partial charge in [-0.2, -0.15) is 0 Å². The fourth-order valence-electron chi connectivity index (χ4n) is 1.39. The molecule has 0 saturated heterocycles. The normalized spacial score (nSPS) is 12.9. The molecule has 0 amide bonds. The Morgan fingerprint density at radius 1 is 1.47 bits per heavy atom. The van der Waals surface area contributed by atoms with Crippen LogP contribution in [0.4, 0.5) is 5.82 Å². The number of hydrogen-bond donors (Lipinski definition) is 2. The minimum absolute atomic E-state index is 0.411. The summed E-state index contributed by atoms with van der Waals surface area (Å²) in [4.78, 5) is 4.29. The van der Waals surface area contributed by atoms with Crippen LogP contribution < -0.4 is 10.6 Å². The van der Waals surface area contributed by atoms with Crippen LogP contribution in [0.5, 0.6) is 0 Å². The lowest BCUT2D eigenvalue weighted by Crippen LogP contribution is -2.29. The number of hydrogen-bond acceptors (Lipinski definition) is 4. The van der Waals surface area contributed by atoms with Crippen molar-refractivity contribution in [2.24, 2.45) is 0 Å². The summed E-state index contributed by atoms with van der Waals surface area (Å²) < 4.78 is 5.30. The van der Waals surface area contributed by atoms with Crippen LogP contribution >= 0.6 is 0 Å². The van der Waals surface area contributed by atoms with Crippen molar-refractivity contribution >= 4 is 16.8 Å². The van der Waals surface area contributed by atoms with E-state index in [1.54, 1.807) is 12.5 Å². The van der Waals surface area contributed by atoms with Crippen LogP contribution in [0.3, 0.4) is 0 Å². The van der Waals surface area contributed by atoms with Gasteiger partial charge in [-0.3, -0.25) is 0 Å². The molecule has 2 heterocycles. The molecular weight excluding hydrogens is 190 g/mol. The molecule has 0 aliphatic heterocycles. The van der Waals surface area contributed by atoms with E-state index >= 15 is 0 Å². The summed E-state index contributed by atoms with van der Waals surface area (Å²) in [6.07, 6.45) is 3.43. The number of nitrogens with one attached hydrogen (secondary N) is 2. The second kappa shape index (κ2) is 4.31. The Morgan fingerprint density at radius 2 is 2.33 bits per heavy atom. The molecule has 0 radical (unpaired) electrons. The minimum Gasteiger partial charge on any atom is -0.464 e. The molecule has 0 fully saturated rings. The molecule has 0 saturated carbocycles. The van der Waals surface area contributed by atoms with Crippen LogP contribution in [0.15, 0.2) is 29.0 Å². The second-order valence-electron chi connectivity index (χ2n) is 3.56. The third kappa shape index (κ3) is 2.10. The Kier molecular flexibility index (Phi) is 2.87. The molecule has 0 aliphatic rings. The average molecular weight is 205 g/mol. The zero-order valence-electron chi connectivity index (χ0n) is 8.95. The van der Waals surface area contributed by atoms with E-state index in [0.717, 1.165) is 23.3 Å². The van der Waals surface area contributed by atoms with Crippen molar-refractivity contribution in [1.82, 2.24) is 10.3 Å². The first-order chi connectivity index (χ1) is 7.31. The first-order valence-corrected chi connectivity index (χ1v) is 5.04. The molecule has 0 aliphatic carbocycles. The van der Waals surface area contributed by atoms with Gasteiger partial charge in [0.05, 0.1) is 11.6 Å². The van der Waals surface area contributed by atoms with Crippen LogP contribution in [-0.2, 0) is 0 Å². The number of fused-ring (bicyclic) bond motifs is 1. The van der Waals surface area contributed by atoms with Crippen LogP contribution in [0, 0.1) is 0 Å². The van der Waals surface area contributed by atoms with Crippen molar-refractivity contribution in [3.8, 4) is 0 Å². The number of anilines is 1. The molecule has 0 bridgehead atoms. The molecule has 2 aromatic rings. The lowest BCUT2D eigenvalue weighted by molar-refractivity contribution is 0.615. The summed E-state index contributed by atoms with van der Waals surface area (Å²) in [7, 11) is 1.94. The quantitative estimate of drug-likeness (QED) is 0.799. The predicted molar refractivity (Wildman–Crippen MR) is 61.0 cm³/mol. The molecule has 4 heteroatoms. The summed E-state index contributed by atoms with van der Waals surface area (Å²) in [6, 6.07) is 4.20. The van der Waals surface area contributed by atoms with Crippen LogP contribution in [0.2, 0.25) is 0 Å². The number of likely N-dealkylation sites (N-methyl/N-ethyl adjacent to an activating group) is 1. The molecule has 80 valence electrons. The van der Waals surface area contributed by atoms with E-state index in [-0.39, 0.29) is 0 Å². The van der Waals surface area contributed by atoms with Crippen molar-refractivity contribution in [1.29, 1.82) is 0 Å². The summed E-state index contributed by atoms with van der Waals surface area (Å²) in [5, 5.41) is 7.48. The van der Waals surface area contributed by atoms with E-state index in [9.17, 15) is 0 Å². The van der Waals surface area contributed by atoms with E-state index in [4.69, 9.17) is 4.42 Å². The average Bonchev–Trinajstić information content (AvgIpc) is 2.74. The van der Waals surface area contributed by atoms with Crippen LogP contribution in [-0.4, -0.2) is 24.6 Å². The maximum atomic E-state index is 5.30. The van der Waals surface area contributed by atoms with Gasteiger partial charge in [-0.15, -0.1) is 0 Å². The molecule has 1 atom stereocenters. The lowest BCUT2D eigenvalue weighted by atomic mass is 10.3. The smallest absolute Gasteiger partial charge is 0.139 e. The number of rotatable bonds is 4. The van der Waals surface area contributed by atoms with Crippen molar-refractivity contribution in [2.75, 3.05) is 18.9 Å². The molecule has 1 unspecified atom stereocenters. The van der Waals surface area contributed by atoms with Crippen molar-refractivity contribution in [2.45, 2.75) is 13.0 Å². The fraction of sp³-hybridized carbons (Fsp3) is 0.364. The van der Waals surface area contributed by atoms with Gasteiger partial charge in [-0.05, 0) is 26.1 Å². The van der Waals surface area contributed by atoms with Gasteiger partial charge in [0.1, 0.15) is 11.4 Å². The molecular formula is C11H15N3O. The third-order valence-corrected chi connectivity index (χ3v) is 2.45. The first-order valence-electron chi connectivity index (χ1n) is 5.04. The van der Waals surface area contributed by atoms with E-state index < -0.39 is 0 Å². The first kappa shape index (κ1) is 9.98. The van der Waals surface area contributed by atoms with Gasteiger partial charge in [-0.25, -0.2) is 4.98 Å². The molecule has 2 aromatic heterocycles. The van der Waals surface area contributed by atoms with Gasteiger partial charge in [0.15, 0.2) is 0 Å². The lowest BCUT2D eigenvalue weighted by Gasteiger charge is -2.11. The molecule has 2 rings (SSSR count). The third-order valence-electron chi connectivity index (χ3n) is 2.45. The Hall–Kier alpha value is -1.55. The zero-order valence-corrected chi connectivity index (χ0v) is 8.95. The standard InChI is InChI=1S/C11H15N3O/c1-8(12-2)7-14-11-9-4-6-15-10(9)3-5-13-11/h3-6,8,12H,7H2,1-2H3,(H,13,14). The monoisotopic (exact) mass is 205 g/mol. The number of nitrogens with zero attached hydrogens (tertiary/aromatic N) is 1. The van der Waals surface area contributed by atoms with Crippen molar-refractivity contribution in [3.63, 3.8) is 0 Å². The van der Waals surface area contributed by atoms with Gasteiger partial charge in [0, 0.05) is 18.8 Å². The highest BCUT2D eigenvalue weighted by Gasteiger charge is 2.05. The number of pyridine rings is 1. The van der Waals surface area contributed by atoms with Gasteiger partial charge < -0.3 is 15.1 Å². The molecule has 4 nitrogen and oxygen atoms in total. The van der Waals surface area contributed by atoms with Gasteiger partial charge >= 0.3 is 0 Å². The highest BCUT2D eigenvalue weighted by Crippen LogP contribution is 2.21. The summed E-state index contributed by atoms with van der Waals surface area (Å²) in [6.45, 7) is 2.95. The molecule has 15 heavy (non-hydrogen) atoms. The van der Waals surface area contributed by atoms with E-state index in [1.165, 1.54) is 0 Å². The summed E-state index contributed by atoms with van der Waals surface area (Å²) >= 11 is 0. The molecule has 0 aromatic carbocycles. The van der Waals surface area contributed by atoms with Crippen LogP contribution in [0.25, 0.3) is 11.0 Å². The van der Waals surface area contributed by atoms with E-state index in [0.29, 0.717) is 6.04 Å². The maximum absolute atomic E-state index is 5.30. The fourth-order valence-corrected chi connectivity index (χ4v) is 1.39. The van der Waals surface area contributed by atoms with Gasteiger partial charge in [-0.1, -0.05) is 0 Å². The zero-order chi connectivity index (χ0) is 10.7. The minimum atomic E-state index is 0.411. The van der Waals surface area contributed by atoms with E-state index in [2.05, 4.69) is 22.5 Å². The highest BCUT2D eigenvalue weighted by molar-refractivity contribution is 5.87. The Bertz CT molecular complexity index is 438. The molecule has 0 spiro atoms. The highest BCUT2D eigenvalue weighted by atomic mass is 16.3.